The molecule has 0 fully saturated rings. The van der Waals surface area contributed by atoms with Gasteiger partial charge in [-0.1, -0.05) is 0 Å². The fourth-order valence-corrected chi connectivity index (χ4v) is 1.59. The molecular formula is C13H17N3O. The zero-order chi connectivity index (χ0) is 12.3. The first-order valence-electron chi connectivity index (χ1n) is 5.79. The lowest BCUT2D eigenvalue weighted by Gasteiger charge is -2.04. The maximum Gasteiger partial charge on any atom is 0.152 e. The predicted octanol–water partition coefficient (Wildman–Crippen LogP) is 2.32. The van der Waals surface area contributed by atoms with Gasteiger partial charge >= 0.3 is 0 Å². The Hall–Kier alpha value is -1.68. The van der Waals surface area contributed by atoms with E-state index in [9.17, 15) is 0 Å². The number of nitrogens with two attached hydrogens (primary N) is 1. The van der Waals surface area contributed by atoms with Crippen molar-refractivity contribution >= 4 is 0 Å². The van der Waals surface area contributed by atoms with E-state index in [4.69, 9.17) is 10.2 Å². The smallest absolute Gasteiger partial charge is 0.152 e. The zero-order valence-electron chi connectivity index (χ0n) is 10.2. The third kappa shape index (κ3) is 3.14. The number of furan rings is 1. The maximum atomic E-state index is 5.72. The first-order chi connectivity index (χ1) is 8.15. The highest BCUT2D eigenvalue weighted by molar-refractivity contribution is 5.51. The third-order valence-corrected chi connectivity index (χ3v) is 2.52. The lowest BCUT2D eigenvalue weighted by atomic mass is 10.2. The van der Waals surface area contributed by atoms with Gasteiger partial charge in [-0.05, 0) is 38.5 Å². The minimum Gasteiger partial charge on any atom is -0.460 e. The van der Waals surface area contributed by atoms with Gasteiger partial charge in [-0.2, -0.15) is 0 Å². The van der Waals surface area contributed by atoms with Crippen LogP contribution in [0.15, 0.2) is 28.8 Å². The van der Waals surface area contributed by atoms with Gasteiger partial charge in [0.1, 0.15) is 17.3 Å². The van der Waals surface area contributed by atoms with Crippen molar-refractivity contribution in [2.75, 3.05) is 0 Å². The van der Waals surface area contributed by atoms with E-state index in [0.717, 1.165) is 35.9 Å². The number of hydrogen-bond donors (Lipinski definition) is 1. The summed E-state index contributed by atoms with van der Waals surface area (Å²) in [5, 5.41) is 0. The van der Waals surface area contributed by atoms with Crippen LogP contribution in [0.3, 0.4) is 0 Å². The molecule has 90 valence electrons. The second kappa shape index (κ2) is 5.10. The quantitative estimate of drug-likeness (QED) is 0.877. The van der Waals surface area contributed by atoms with E-state index < -0.39 is 0 Å². The van der Waals surface area contributed by atoms with Crippen LogP contribution < -0.4 is 5.73 Å². The topological polar surface area (TPSA) is 64.9 Å². The third-order valence-electron chi connectivity index (χ3n) is 2.52. The Morgan fingerprint density at radius 1 is 1.35 bits per heavy atom. The van der Waals surface area contributed by atoms with Crippen molar-refractivity contribution in [1.29, 1.82) is 0 Å². The predicted molar refractivity (Wildman–Crippen MR) is 66.4 cm³/mol. The molecule has 2 N–H and O–H groups in total. The molecule has 0 radical (unpaired) electrons. The lowest BCUT2D eigenvalue weighted by molar-refractivity contribution is 0.545. The average molecular weight is 231 g/mol. The van der Waals surface area contributed by atoms with Crippen LogP contribution in [0, 0.1) is 6.92 Å². The van der Waals surface area contributed by atoms with E-state index in [2.05, 4.69) is 9.97 Å². The molecule has 2 heterocycles. The summed E-state index contributed by atoms with van der Waals surface area (Å²) in [5.41, 5.74) is 6.55. The molecule has 1 atom stereocenters. The van der Waals surface area contributed by atoms with Crippen LogP contribution in [-0.4, -0.2) is 16.0 Å². The van der Waals surface area contributed by atoms with Crippen molar-refractivity contribution in [2.24, 2.45) is 5.73 Å². The van der Waals surface area contributed by atoms with Gasteiger partial charge in [0, 0.05) is 18.7 Å². The monoisotopic (exact) mass is 231 g/mol. The Morgan fingerprint density at radius 2 is 2.18 bits per heavy atom. The average Bonchev–Trinajstić information content (AvgIpc) is 2.74. The Balaban J connectivity index is 2.16. The Bertz CT molecular complexity index is 491. The van der Waals surface area contributed by atoms with Crippen molar-refractivity contribution in [1.82, 2.24) is 9.97 Å². The summed E-state index contributed by atoms with van der Waals surface area (Å²) in [7, 11) is 0. The SMILES string of the molecule is Cc1ccc(-c2ccnc(CCC(C)N)n2)o1. The molecule has 17 heavy (non-hydrogen) atoms. The maximum absolute atomic E-state index is 5.72. The molecule has 0 saturated carbocycles. The molecule has 0 amide bonds. The van der Waals surface area contributed by atoms with Crippen LogP contribution in [0.2, 0.25) is 0 Å². The summed E-state index contributed by atoms with van der Waals surface area (Å²) >= 11 is 0. The highest BCUT2D eigenvalue weighted by Gasteiger charge is 2.06. The number of hydrogen-bond acceptors (Lipinski definition) is 4. The van der Waals surface area contributed by atoms with Gasteiger partial charge in [0.25, 0.3) is 0 Å². The molecule has 0 aliphatic carbocycles. The van der Waals surface area contributed by atoms with E-state index in [-0.39, 0.29) is 6.04 Å². The van der Waals surface area contributed by atoms with Crippen LogP contribution in [-0.2, 0) is 6.42 Å². The first-order valence-corrected chi connectivity index (χ1v) is 5.79. The first kappa shape index (κ1) is 11.8. The van der Waals surface area contributed by atoms with Gasteiger partial charge < -0.3 is 10.2 Å². The van der Waals surface area contributed by atoms with Gasteiger partial charge in [-0.25, -0.2) is 9.97 Å². The Kier molecular flexibility index (Phi) is 3.54. The normalized spacial score (nSPS) is 12.6. The van der Waals surface area contributed by atoms with Crippen LogP contribution in [0.5, 0.6) is 0 Å². The zero-order valence-corrected chi connectivity index (χ0v) is 10.2. The molecule has 4 heteroatoms. The van der Waals surface area contributed by atoms with Crippen LogP contribution in [0.25, 0.3) is 11.5 Å². The molecule has 0 saturated heterocycles. The molecule has 1 unspecified atom stereocenters. The fourth-order valence-electron chi connectivity index (χ4n) is 1.59. The largest absolute Gasteiger partial charge is 0.460 e. The molecule has 2 aromatic heterocycles. The fraction of sp³-hybridized carbons (Fsp3) is 0.385. The van der Waals surface area contributed by atoms with E-state index in [1.807, 2.05) is 32.0 Å². The summed E-state index contributed by atoms with van der Waals surface area (Å²) in [5.74, 6) is 2.48. The van der Waals surface area contributed by atoms with Crippen molar-refractivity contribution in [2.45, 2.75) is 32.7 Å². The van der Waals surface area contributed by atoms with Gasteiger partial charge in [0.15, 0.2) is 5.76 Å². The van der Waals surface area contributed by atoms with Crippen LogP contribution >= 0.6 is 0 Å². The molecule has 0 aromatic carbocycles. The van der Waals surface area contributed by atoms with Crippen LogP contribution in [0.1, 0.15) is 24.9 Å². The summed E-state index contributed by atoms with van der Waals surface area (Å²) in [6.45, 7) is 3.90. The standard InChI is InChI=1S/C13H17N3O/c1-9(14)3-6-13-15-8-7-11(16-13)12-5-4-10(2)17-12/h4-5,7-9H,3,6,14H2,1-2H3. The van der Waals surface area contributed by atoms with E-state index >= 15 is 0 Å². The minimum absolute atomic E-state index is 0.174. The molecular weight excluding hydrogens is 214 g/mol. The van der Waals surface area contributed by atoms with E-state index in [1.165, 1.54) is 0 Å². The van der Waals surface area contributed by atoms with Crippen molar-refractivity contribution in [3.05, 3.63) is 36.0 Å². The van der Waals surface area contributed by atoms with Crippen molar-refractivity contribution < 1.29 is 4.42 Å². The molecule has 0 aliphatic heterocycles. The van der Waals surface area contributed by atoms with Gasteiger partial charge in [0.2, 0.25) is 0 Å². The Labute approximate surface area is 101 Å². The summed E-state index contributed by atoms with van der Waals surface area (Å²) in [6.07, 6.45) is 3.45. The highest BCUT2D eigenvalue weighted by Crippen LogP contribution is 2.19. The summed E-state index contributed by atoms with van der Waals surface area (Å²) in [6, 6.07) is 5.88. The van der Waals surface area contributed by atoms with E-state index in [0.29, 0.717) is 0 Å². The van der Waals surface area contributed by atoms with Gasteiger partial charge in [0.05, 0.1) is 0 Å². The summed E-state index contributed by atoms with van der Waals surface area (Å²) in [4.78, 5) is 8.70. The summed E-state index contributed by atoms with van der Waals surface area (Å²) < 4.78 is 5.54. The van der Waals surface area contributed by atoms with Crippen LogP contribution in [0.4, 0.5) is 0 Å². The number of nitrogens with zero attached hydrogens (tertiary/aromatic N) is 2. The number of aryl methyl sites for hydroxylation is 2. The Morgan fingerprint density at radius 3 is 2.82 bits per heavy atom. The molecule has 0 spiro atoms. The number of aromatic nitrogens is 2. The van der Waals surface area contributed by atoms with Gasteiger partial charge in [-0.3, -0.25) is 0 Å². The highest BCUT2D eigenvalue weighted by atomic mass is 16.3. The second-order valence-electron chi connectivity index (χ2n) is 4.28. The molecule has 0 aliphatic rings. The van der Waals surface area contributed by atoms with Crippen molar-refractivity contribution in [3.8, 4) is 11.5 Å². The second-order valence-corrected chi connectivity index (χ2v) is 4.28. The van der Waals surface area contributed by atoms with Gasteiger partial charge in [-0.15, -0.1) is 0 Å². The minimum atomic E-state index is 0.174. The molecule has 2 aromatic rings. The molecule has 2 rings (SSSR count). The number of rotatable bonds is 4. The molecule has 0 bridgehead atoms. The van der Waals surface area contributed by atoms with E-state index in [1.54, 1.807) is 6.20 Å². The lowest BCUT2D eigenvalue weighted by Crippen LogP contribution is -2.16. The van der Waals surface area contributed by atoms with Crippen molar-refractivity contribution in [3.63, 3.8) is 0 Å². The molecule has 4 nitrogen and oxygen atoms in total.